The molecule has 36 heavy (non-hydrogen) atoms. The van der Waals surface area contributed by atoms with E-state index in [0.29, 0.717) is 18.1 Å². The minimum Gasteiger partial charge on any atom is -0.488 e. The number of rotatable bonds is 10. The number of carboxylic acids is 1. The summed E-state index contributed by atoms with van der Waals surface area (Å²) >= 11 is 0. The van der Waals surface area contributed by atoms with Crippen molar-refractivity contribution in [3.63, 3.8) is 0 Å². The molecule has 0 spiro atoms. The van der Waals surface area contributed by atoms with Gasteiger partial charge in [-0.2, -0.15) is 0 Å². The number of hydrogen-bond acceptors (Lipinski definition) is 7. The zero-order valence-electron chi connectivity index (χ0n) is 20.4. The van der Waals surface area contributed by atoms with E-state index in [1.165, 1.54) is 11.1 Å². The van der Waals surface area contributed by atoms with Crippen LogP contribution in [0.2, 0.25) is 0 Å². The third-order valence-corrected chi connectivity index (χ3v) is 5.93. The van der Waals surface area contributed by atoms with Gasteiger partial charge in [0, 0.05) is 18.3 Å². The maximum absolute atomic E-state index is 11.5. The van der Waals surface area contributed by atoms with E-state index in [-0.39, 0.29) is 18.1 Å². The van der Waals surface area contributed by atoms with Gasteiger partial charge in [0.1, 0.15) is 23.7 Å². The first-order valence-electron chi connectivity index (χ1n) is 11.9. The molecule has 2 aromatic carbocycles. The molecule has 1 aliphatic heterocycles. The number of para-hydroxylation sites is 1. The van der Waals surface area contributed by atoms with Crippen molar-refractivity contribution in [1.29, 1.82) is 5.41 Å². The van der Waals surface area contributed by atoms with E-state index >= 15 is 0 Å². The van der Waals surface area contributed by atoms with Crippen LogP contribution in [0.3, 0.4) is 0 Å². The molecular weight excluding hydrogens is 456 g/mol. The number of nitrogens with one attached hydrogen (secondary N) is 3. The van der Waals surface area contributed by atoms with Gasteiger partial charge in [-0.05, 0) is 67.3 Å². The van der Waals surface area contributed by atoms with E-state index in [2.05, 4.69) is 33.8 Å². The van der Waals surface area contributed by atoms with Crippen LogP contribution < -0.4 is 15.4 Å². The number of aryl methyl sites for hydroxylation is 1. The van der Waals surface area contributed by atoms with Crippen LogP contribution in [0, 0.1) is 12.3 Å². The molecule has 0 amide bonds. The monoisotopic (exact) mass is 486 g/mol. The zero-order valence-corrected chi connectivity index (χ0v) is 20.4. The highest BCUT2D eigenvalue weighted by Crippen LogP contribution is 2.33. The molecule has 0 atom stereocenters. The Morgan fingerprint density at radius 1 is 1.19 bits per heavy atom. The Kier molecular flexibility index (Phi) is 7.97. The van der Waals surface area contributed by atoms with Gasteiger partial charge in [-0.3, -0.25) is 0 Å². The highest BCUT2D eigenvalue weighted by Gasteiger charge is 2.16. The Balaban J connectivity index is 1.60. The van der Waals surface area contributed by atoms with Crippen molar-refractivity contribution in [2.75, 3.05) is 18.5 Å². The standard InChI is InChI=1S/C28H30N4O4/c1-3-35-27(23(15-29)28(33)34)32-25-9-5-8-24(31-25)22-7-4-6-18(2)26(22)36-17-19-10-11-21-16-30-13-12-20(21)14-19/h4-11,14-15,29-30H,3,12-13,16-17H2,1-2H3,(H,31,32)(H,33,34)/b27-23-,29-15?. The normalized spacial score (nSPS) is 13.3. The lowest BCUT2D eigenvalue weighted by atomic mass is 9.99. The molecule has 3 aromatic rings. The summed E-state index contributed by atoms with van der Waals surface area (Å²) in [5.74, 6) is -0.155. The SMILES string of the molecule is CCO/C(Nc1cccc(-c2cccc(C)c2OCc2ccc3c(c2)CCNC3)n1)=C(/C=N)C(=O)O. The summed E-state index contributed by atoms with van der Waals surface area (Å²) in [6.07, 6.45) is 1.76. The number of nitrogens with zero attached hydrogens (tertiary/aromatic N) is 1. The second-order valence-electron chi connectivity index (χ2n) is 8.43. The van der Waals surface area contributed by atoms with Gasteiger partial charge in [-0.25, -0.2) is 9.78 Å². The van der Waals surface area contributed by atoms with Crippen LogP contribution in [0.25, 0.3) is 11.3 Å². The third-order valence-electron chi connectivity index (χ3n) is 5.93. The average molecular weight is 487 g/mol. The molecule has 0 saturated carbocycles. The van der Waals surface area contributed by atoms with Gasteiger partial charge in [-0.15, -0.1) is 0 Å². The van der Waals surface area contributed by atoms with E-state index in [0.717, 1.165) is 48.2 Å². The maximum Gasteiger partial charge on any atom is 0.342 e. The van der Waals surface area contributed by atoms with Crippen molar-refractivity contribution >= 4 is 18.0 Å². The molecule has 0 aliphatic carbocycles. The summed E-state index contributed by atoms with van der Waals surface area (Å²) in [6, 6.07) is 17.8. The van der Waals surface area contributed by atoms with Gasteiger partial charge in [0.2, 0.25) is 5.88 Å². The lowest BCUT2D eigenvalue weighted by Gasteiger charge is -2.19. The molecule has 186 valence electrons. The summed E-state index contributed by atoms with van der Waals surface area (Å²) < 4.78 is 11.8. The van der Waals surface area contributed by atoms with Crippen molar-refractivity contribution in [1.82, 2.24) is 10.3 Å². The summed E-state index contributed by atoms with van der Waals surface area (Å²) in [5, 5.41) is 23.1. The molecule has 8 nitrogen and oxygen atoms in total. The first-order chi connectivity index (χ1) is 17.5. The number of carbonyl (C=O) groups is 1. The van der Waals surface area contributed by atoms with Crippen molar-refractivity contribution in [3.8, 4) is 17.0 Å². The van der Waals surface area contributed by atoms with E-state index in [4.69, 9.17) is 14.9 Å². The van der Waals surface area contributed by atoms with Gasteiger partial charge in [0.25, 0.3) is 0 Å². The van der Waals surface area contributed by atoms with Crippen LogP contribution in [-0.4, -0.2) is 35.4 Å². The lowest BCUT2D eigenvalue weighted by Crippen LogP contribution is -2.23. The lowest BCUT2D eigenvalue weighted by molar-refractivity contribution is -0.132. The highest BCUT2D eigenvalue weighted by atomic mass is 16.5. The van der Waals surface area contributed by atoms with Gasteiger partial charge in [-0.1, -0.05) is 36.4 Å². The Labute approximate surface area is 210 Å². The minimum atomic E-state index is -1.26. The number of benzene rings is 2. The molecule has 0 unspecified atom stereocenters. The van der Waals surface area contributed by atoms with Crippen LogP contribution in [0.5, 0.6) is 5.75 Å². The van der Waals surface area contributed by atoms with Crippen LogP contribution in [0.1, 0.15) is 29.2 Å². The van der Waals surface area contributed by atoms with Crippen molar-refractivity contribution in [2.24, 2.45) is 0 Å². The fourth-order valence-corrected chi connectivity index (χ4v) is 4.14. The molecule has 4 N–H and O–H groups in total. The number of carboxylic acid groups (broad SMARTS) is 1. The Morgan fingerprint density at radius 2 is 2.03 bits per heavy atom. The fourth-order valence-electron chi connectivity index (χ4n) is 4.14. The number of aromatic nitrogens is 1. The van der Waals surface area contributed by atoms with E-state index in [9.17, 15) is 9.90 Å². The summed E-state index contributed by atoms with van der Waals surface area (Å²) in [4.78, 5) is 16.2. The van der Waals surface area contributed by atoms with Crippen LogP contribution in [-0.2, 0) is 29.1 Å². The predicted octanol–water partition coefficient (Wildman–Crippen LogP) is 4.68. The molecule has 4 rings (SSSR count). The molecule has 2 heterocycles. The number of fused-ring (bicyclic) bond motifs is 1. The number of ether oxygens (including phenoxy) is 2. The molecule has 1 aromatic heterocycles. The first-order valence-corrected chi connectivity index (χ1v) is 11.9. The van der Waals surface area contributed by atoms with Crippen LogP contribution in [0.4, 0.5) is 5.82 Å². The Bertz CT molecular complexity index is 1300. The van der Waals surface area contributed by atoms with Crippen molar-refractivity contribution in [2.45, 2.75) is 33.4 Å². The Morgan fingerprint density at radius 3 is 2.81 bits per heavy atom. The van der Waals surface area contributed by atoms with Crippen LogP contribution in [0.15, 0.2) is 66.1 Å². The van der Waals surface area contributed by atoms with Gasteiger partial charge < -0.3 is 30.6 Å². The van der Waals surface area contributed by atoms with E-state index in [1.54, 1.807) is 13.0 Å². The molecule has 0 bridgehead atoms. The number of aliphatic carboxylic acids is 1. The van der Waals surface area contributed by atoms with E-state index in [1.807, 2.05) is 37.3 Å². The van der Waals surface area contributed by atoms with Gasteiger partial charge >= 0.3 is 5.97 Å². The van der Waals surface area contributed by atoms with Crippen molar-refractivity contribution in [3.05, 3.63) is 88.3 Å². The number of hydrogen-bond donors (Lipinski definition) is 4. The third kappa shape index (κ3) is 5.72. The molecule has 0 saturated heterocycles. The van der Waals surface area contributed by atoms with Crippen molar-refractivity contribution < 1.29 is 19.4 Å². The first kappa shape index (κ1) is 24.9. The zero-order chi connectivity index (χ0) is 25.5. The quantitative estimate of drug-likeness (QED) is 0.187. The molecule has 0 fully saturated rings. The number of anilines is 1. The van der Waals surface area contributed by atoms with Gasteiger partial charge in [0.15, 0.2) is 0 Å². The topological polar surface area (TPSA) is 117 Å². The van der Waals surface area contributed by atoms with Gasteiger partial charge in [0.05, 0.1) is 12.3 Å². The van der Waals surface area contributed by atoms with Crippen LogP contribution >= 0.6 is 0 Å². The Hall–Kier alpha value is -4.17. The largest absolute Gasteiger partial charge is 0.488 e. The summed E-state index contributed by atoms with van der Waals surface area (Å²) in [5.41, 5.74) is 6.01. The second kappa shape index (κ2) is 11.5. The summed E-state index contributed by atoms with van der Waals surface area (Å²) in [7, 11) is 0. The molecular formula is C28H30N4O4. The molecule has 0 radical (unpaired) electrons. The second-order valence-corrected chi connectivity index (χ2v) is 8.43. The molecule has 1 aliphatic rings. The molecule has 8 heteroatoms. The fraction of sp³-hybridized carbons (Fsp3) is 0.250. The maximum atomic E-state index is 11.5. The smallest absolute Gasteiger partial charge is 0.342 e. The van der Waals surface area contributed by atoms with E-state index < -0.39 is 5.97 Å². The highest BCUT2D eigenvalue weighted by molar-refractivity contribution is 6.08. The average Bonchev–Trinajstić information content (AvgIpc) is 2.88. The predicted molar refractivity (Wildman–Crippen MR) is 139 cm³/mol. The minimum absolute atomic E-state index is 0.0343. The number of pyridine rings is 1. The summed E-state index contributed by atoms with van der Waals surface area (Å²) in [6.45, 7) is 6.31.